The topological polar surface area (TPSA) is 76.1 Å². The molecule has 1 spiro atoms. The van der Waals surface area contributed by atoms with E-state index < -0.39 is 5.97 Å². The van der Waals surface area contributed by atoms with Gasteiger partial charge in [-0.25, -0.2) is 0 Å². The molecule has 0 bridgehead atoms. The van der Waals surface area contributed by atoms with Crippen LogP contribution in [0.4, 0.5) is 0 Å². The minimum absolute atomic E-state index is 0.00866. The van der Waals surface area contributed by atoms with E-state index in [9.17, 15) is 9.59 Å². The minimum atomic E-state index is -1.00. The molecule has 1 aromatic carbocycles. The lowest BCUT2D eigenvalue weighted by Crippen LogP contribution is -2.36. The van der Waals surface area contributed by atoms with Crippen LogP contribution in [0.1, 0.15) is 24.8 Å². The molecule has 3 rings (SSSR count). The quantitative estimate of drug-likeness (QED) is 0.831. The van der Waals surface area contributed by atoms with Crippen molar-refractivity contribution in [2.45, 2.75) is 25.8 Å². The van der Waals surface area contributed by atoms with Gasteiger partial charge in [-0.05, 0) is 42.4 Å². The zero-order chi connectivity index (χ0) is 16.6. The Bertz CT molecular complexity index is 616. The van der Waals surface area contributed by atoms with Gasteiger partial charge in [0, 0.05) is 18.5 Å². The number of carbonyl (C=O) groups is 2. The molecule has 23 heavy (non-hydrogen) atoms. The normalized spacial score (nSPS) is 20.0. The second kappa shape index (κ2) is 5.76. The average molecular weight is 319 g/mol. The van der Waals surface area contributed by atoms with Crippen LogP contribution in [-0.2, 0) is 16.1 Å². The molecule has 1 amide bonds. The van der Waals surface area contributed by atoms with Crippen molar-refractivity contribution in [2.75, 3.05) is 20.8 Å². The van der Waals surface area contributed by atoms with E-state index in [1.165, 1.54) is 4.90 Å². The summed E-state index contributed by atoms with van der Waals surface area (Å²) < 4.78 is 10.4. The molecule has 2 fully saturated rings. The van der Waals surface area contributed by atoms with Crippen molar-refractivity contribution in [1.82, 2.24) is 4.90 Å². The summed E-state index contributed by atoms with van der Waals surface area (Å²) in [6.07, 6.45) is 3.10. The molecule has 0 saturated heterocycles. The van der Waals surface area contributed by atoms with Crippen LogP contribution >= 0.6 is 0 Å². The number of benzene rings is 1. The molecule has 1 N–H and O–H groups in total. The van der Waals surface area contributed by atoms with Gasteiger partial charge in [0.25, 0.3) is 0 Å². The molecule has 2 aliphatic rings. The van der Waals surface area contributed by atoms with E-state index in [0.29, 0.717) is 11.5 Å². The van der Waals surface area contributed by atoms with Crippen molar-refractivity contribution < 1.29 is 24.2 Å². The summed E-state index contributed by atoms with van der Waals surface area (Å²) >= 11 is 0. The molecule has 1 atom stereocenters. The Hall–Kier alpha value is -2.24. The summed E-state index contributed by atoms with van der Waals surface area (Å²) in [5.41, 5.74) is 1.00. The SMILES string of the molecule is COc1cc(CN(CC(=O)O)C(=O)C2CC23CC3)cc(OC)c1. The molecule has 2 saturated carbocycles. The fraction of sp³-hybridized carbons (Fsp3) is 0.529. The molecule has 0 aromatic heterocycles. The van der Waals surface area contributed by atoms with E-state index in [-0.39, 0.29) is 30.3 Å². The Morgan fingerprint density at radius 3 is 2.26 bits per heavy atom. The van der Waals surface area contributed by atoms with Crippen LogP contribution in [-0.4, -0.2) is 42.6 Å². The number of hydrogen-bond acceptors (Lipinski definition) is 4. The smallest absolute Gasteiger partial charge is 0.323 e. The number of rotatable bonds is 7. The standard InChI is InChI=1S/C17H21NO5/c1-22-12-5-11(6-13(7-12)23-2)9-18(10-15(19)20)16(21)14-8-17(14)3-4-17/h5-7,14H,3-4,8-10H2,1-2H3,(H,19,20). The van der Waals surface area contributed by atoms with Gasteiger partial charge in [-0.15, -0.1) is 0 Å². The fourth-order valence-corrected chi connectivity index (χ4v) is 3.18. The molecule has 1 unspecified atom stereocenters. The van der Waals surface area contributed by atoms with Crippen molar-refractivity contribution in [2.24, 2.45) is 11.3 Å². The highest BCUT2D eigenvalue weighted by Crippen LogP contribution is 2.71. The lowest BCUT2D eigenvalue weighted by atomic mass is 10.1. The Balaban J connectivity index is 1.77. The van der Waals surface area contributed by atoms with Gasteiger partial charge in [0.05, 0.1) is 14.2 Å². The van der Waals surface area contributed by atoms with E-state index in [2.05, 4.69) is 0 Å². The molecule has 0 heterocycles. The predicted molar refractivity (Wildman–Crippen MR) is 82.4 cm³/mol. The molecule has 0 radical (unpaired) electrons. The second-order valence-electron chi connectivity index (χ2n) is 6.43. The first-order valence-electron chi connectivity index (χ1n) is 7.70. The van der Waals surface area contributed by atoms with Gasteiger partial charge in [0.1, 0.15) is 18.0 Å². The van der Waals surface area contributed by atoms with Crippen LogP contribution in [0.25, 0.3) is 0 Å². The van der Waals surface area contributed by atoms with E-state index in [4.69, 9.17) is 14.6 Å². The van der Waals surface area contributed by atoms with Crippen LogP contribution in [0.2, 0.25) is 0 Å². The maximum Gasteiger partial charge on any atom is 0.323 e. The van der Waals surface area contributed by atoms with Gasteiger partial charge in [0.15, 0.2) is 0 Å². The third kappa shape index (κ3) is 3.25. The molecular weight excluding hydrogens is 298 g/mol. The van der Waals surface area contributed by atoms with Gasteiger partial charge >= 0.3 is 5.97 Å². The van der Waals surface area contributed by atoms with Crippen LogP contribution in [0.3, 0.4) is 0 Å². The first-order valence-corrected chi connectivity index (χ1v) is 7.70. The molecule has 0 aliphatic heterocycles. The van der Waals surface area contributed by atoms with Crippen LogP contribution in [0.5, 0.6) is 11.5 Å². The van der Waals surface area contributed by atoms with Crippen molar-refractivity contribution in [3.05, 3.63) is 23.8 Å². The van der Waals surface area contributed by atoms with Crippen molar-refractivity contribution in [1.29, 1.82) is 0 Å². The lowest BCUT2D eigenvalue weighted by molar-refractivity contribution is -0.145. The lowest BCUT2D eigenvalue weighted by Gasteiger charge is -2.22. The van der Waals surface area contributed by atoms with Gasteiger partial charge in [0.2, 0.25) is 5.91 Å². The number of ether oxygens (including phenoxy) is 2. The van der Waals surface area contributed by atoms with Crippen molar-refractivity contribution >= 4 is 11.9 Å². The zero-order valence-electron chi connectivity index (χ0n) is 13.4. The number of methoxy groups -OCH3 is 2. The first kappa shape index (κ1) is 15.6. The highest BCUT2D eigenvalue weighted by atomic mass is 16.5. The van der Waals surface area contributed by atoms with Crippen LogP contribution in [0, 0.1) is 11.3 Å². The number of aliphatic carboxylic acids is 1. The Labute approximate surface area is 135 Å². The van der Waals surface area contributed by atoms with Crippen LogP contribution in [0.15, 0.2) is 18.2 Å². The van der Waals surface area contributed by atoms with Gasteiger partial charge in [-0.3, -0.25) is 9.59 Å². The highest BCUT2D eigenvalue weighted by molar-refractivity contribution is 5.86. The maximum absolute atomic E-state index is 12.6. The number of carboxylic acids is 1. The summed E-state index contributed by atoms with van der Waals surface area (Å²) in [6.45, 7) is -0.0454. The van der Waals surface area contributed by atoms with Gasteiger partial charge in [-0.1, -0.05) is 0 Å². The van der Waals surface area contributed by atoms with Crippen molar-refractivity contribution in [3.8, 4) is 11.5 Å². The van der Waals surface area contributed by atoms with E-state index in [1.807, 2.05) is 0 Å². The molecule has 2 aliphatic carbocycles. The second-order valence-corrected chi connectivity index (χ2v) is 6.43. The number of nitrogens with zero attached hydrogens (tertiary/aromatic N) is 1. The van der Waals surface area contributed by atoms with Gasteiger partial charge < -0.3 is 19.5 Å². The largest absolute Gasteiger partial charge is 0.497 e. The zero-order valence-corrected chi connectivity index (χ0v) is 13.4. The summed E-state index contributed by atoms with van der Waals surface area (Å²) in [5, 5.41) is 9.12. The molecule has 6 nitrogen and oxygen atoms in total. The Kier molecular flexibility index (Phi) is 3.92. The number of amides is 1. The van der Waals surface area contributed by atoms with Gasteiger partial charge in [-0.2, -0.15) is 0 Å². The number of carboxylic acid groups (broad SMARTS) is 1. The molecule has 6 heteroatoms. The summed E-state index contributed by atoms with van der Waals surface area (Å²) in [6, 6.07) is 5.34. The maximum atomic E-state index is 12.6. The fourth-order valence-electron chi connectivity index (χ4n) is 3.18. The van der Waals surface area contributed by atoms with Crippen LogP contribution < -0.4 is 9.47 Å². The van der Waals surface area contributed by atoms with E-state index >= 15 is 0 Å². The monoisotopic (exact) mass is 319 g/mol. The first-order chi connectivity index (χ1) is 11.0. The number of hydrogen-bond donors (Lipinski definition) is 1. The average Bonchev–Trinajstić information content (AvgIpc) is 3.45. The Morgan fingerprint density at radius 1 is 1.22 bits per heavy atom. The predicted octanol–water partition coefficient (Wildman–Crippen LogP) is 1.92. The van der Waals surface area contributed by atoms with E-state index in [0.717, 1.165) is 24.8 Å². The summed E-state index contributed by atoms with van der Waals surface area (Å²) in [4.78, 5) is 25.2. The summed E-state index contributed by atoms with van der Waals surface area (Å²) in [7, 11) is 3.11. The van der Waals surface area contributed by atoms with E-state index in [1.54, 1.807) is 32.4 Å². The number of carbonyl (C=O) groups excluding carboxylic acids is 1. The highest BCUT2D eigenvalue weighted by Gasteiger charge is 2.66. The third-order valence-electron chi connectivity index (χ3n) is 4.80. The molecular formula is C17H21NO5. The molecule has 1 aromatic rings. The minimum Gasteiger partial charge on any atom is -0.497 e. The third-order valence-corrected chi connectivity index (χ3v) is 4.80. The Morgan fingerprint density at radius 2 is 1.83 bits per heavy atom. The molecule has 124 valence electrons. The van der Waals surface area contributed by atoms with Crippen molar-refractivity contribution in [3.63, 3.8) is 0 Å². The summed E-state index contributed by atoms with van der Waals surface area (Å²) in [5.74, 6) is 0.194.